The highest BCUT2D eigenvalue weighted by atomic mass is 16.6. The van der Waals surface area contributed by atoms with E-state index in [0.717, 1.165) is 24.6 Å². The smallest absolute Gasteiger partial charge is 0.176 e. The Hall–Kier alpha value is -1.30. The zero-order valence-electron chi connectivity index (χ0n) is 23.3. The third-order valence-corrected chi connectivity index (χ3v) is 7.11. The van der Waals surface area contributed by atoms with Crippen LogP contribution in [0.2, 0.25) is 0 Å². The summed E-state index contributed by atoms with van der Waals surface area (Å²) in [5, 5.41) is 0. The highest BCUT2D eigenvalue weighted by Gasteiger charge is 2.25. The molecular weight excluding hydrogens is 436 g/mol. The maximum Gasteiger partial charge on any atom is 0.176 e. The second-order valence-electron chi connectivity index (χ2n) is 10.3. The van der Waals surface area contributed by atoms with E-state index >= 15 is 0 Å². The normalized spacial score (nSPS) is 18.5. The van der Waals surface area contributed by atoms with Crippen LogP contribution in [0, 0.1) is 0 Å². The Balaban J connectivity index is 1.82. The van der Waals surface area contributed by atoms with Crippen molar-refractivity contribution in [3.05, 3.63) is 24.3 Å². The van der Waals surface area contributed by atoms with Gasteiger partial charge in [0.15, 0.2) is 24.0 Å². The largest absolute Gasteiger partial charge is 0.469 e. The summed E-state index contributed by atoms with van der Waals surface area (Å²) in [4.78, 5) is 4.59. The highest BCUT2D eigenvalue weighted by Crippen LogP contribution is 2.30. The molecule has 1 aliphatic heterocycles. The van der Waals surface area contributed by atoms with E-state index in [1.165, 1.54) is 89.9 Å². The minimum Gasteiger partial charge on any atom is -0.469 e. The Bertz CT molecular complexity index is 589. The van der Waals surface area contributed by atoms with Gasteiger partial charge in [0.05, 0.1) is 13.2 Å². The first-order valence-corrected chi connectivity index (χ1v) is 14.6. The van der Waals surface area contributed by atoms with Crippen LogP contribution in [0.4, 0.5) is 0 Å². The summed E-state index contributed by atoms with van der Waals surface area (Å²) in [5.41, 5.74) is 0. The fourth-order valence-electron chi connectivity index (χ4n) is 4.63. The number of hydrogen-bond donors (Lipinski definition) is 0. The van der Waals surface area contributed by atoms with Gasteiger partial charge in [0.25, 0.3) is 0 Å². The number of likely N-dealkylation sites (N-methyl/N-ethyl adjacent to an activating group) is 2. The van der Waals surface area contributed by atoms with E-state index in [4.69, 9.17) is 14.2 Å². The molecule has 35 heavy (non-hydrogen) atoms. The summed E-state index contributed by atoms with van der Waals surface area (Å²) >= 11 is 0. The molecule has 0 bridgehead atoms. The van der Waals surface area contributed by atoms with Crippen molar-refractivity contribution in [3.63, 3.8) is 0 Å². The maximum absolute atomic E-state index is 6.42. The van der Waals surface area contributed by atoms with E-state index < -0.39 is 0 Å². The molecule has 1 aromatic rings. The van der Waals surface area contributed by atoms with E-state index in [1.54, 1.807) is 0 Å². The van der Waals surface area contributed by atoms with Gasteiger partial charge >= 0.3 is 0 Å². The molecule has 0 spiro atoms. The third kappa shape index (κ3) is 12.5. The molecule has 2 atom stereocenters. The summed E-state index contributed by atoms with van der Waals surface area (Å²) in [6, 6.07) is 8.07. The van der Waals surface area contributed by atoms with Crippen LogP contribution in [0.1, 0.15) is 104 Å². The Kier molecular flexibility index (Phi) is 16.2. The zero-order valence-corrected chi connectivity index (χ0v) is 23.3. The fraction of sp³-hybridized carbons (Fsp3) is 0.800. The van der Waals surface area contributed by atoms with E-state index in [2.05, 4.69) is 37.7 Å². The lowest BCUT2D eigenvalue weighted by Gasteiger charge is -2.28. The van der Waals surface area contributed by atoms with Gasteiger partial charge in [-0.05, 0) is 39.1 Å². The molecule has 1 aromatic carbocycles. The average molecular weight is 491 g/mol. The minimum atomic E-state index is -0.105. The summed E-state index contributed by atoms with van der Waals surface area (Å²) < 4.78 is 19.0. The van der Waals surface area contributed by atoms with Gasteiger partial charge in [-0.1, -0.05) is 103 Å². The van der Waals surface area contributed by atoms with Gasteiger partial charge in [-0.25, -0.2) is 0 Å². The molecule has 0 aromatic heterocycles. The standard InChI is InChI=1S/C30H54N2O3/c1-5-7-9-11-13-15-19-23-31(3)29-25-33-26-30(35-28-22-18-17-21-27(28)34-29)32(4)24-20-16-14-12-10-8-6-2/h17-18,21-22,29-30H,5-16,19-20,23-26H2,1-4H3. The lowest BCUT2D eigenvalue weighted by atomic mass is 10.1. The minimum absolute atomic E-state index is 0.105. The van der Waals surface area contributed by atoms with Gasteiger partial charge in [-0.15, -0.1) is 0 Å². The van der Waals surface area contributed by atoms with Crippen LogP contribution in [0.25, 0.3) is 0 Å². The first-order valence-electron chi connectivity index (χ1n) is 14.6. The molecule has 1 aliphatic rings. The number of rotatable bonds is 18. The Morgan fingerprint density at radius 3 is 1.37 bits per heavy atom. The monoisotopic (exact) mass is 490 g/mol. The van der Waals surface area contributed by atoms with Crippen molar-refractivity contribution >= 4 is 0 Å². The predicted molar refractivity (Wildman–Crippen MR) is 147 cm³/mol. The lowest BCUT2D eigenvalue weighted by molar-refractivity contribution is -0.0634. The number of unbranched alkanes of at least 4 members (excludes halogenated alkanes) is 12. The quantitative estimate of drug-likeness (QED) is 0.199. The van der Waals surface area contributed by atoms with Crippen LogP contribution in [0.5, 0.6) is 11.5 Å². The van der Waals surface area contributed by atoms with Gasteiger partial charge in [-0.2, -0.15) is 0 Å². The molecule has 2 rings (SSSR count). The lowest BCUT2D eigenvalue weighted by Crippen LogP contribution is -2.43. The molecule has 0 saturated carbocycles. The summed E-state index contributed by atoms with van der Waals surface area (Å²) in [6.45, 7) is 7.68. The average Bonchev–Trinajstić information content (AvgIpc) is 2.96. The first-order chi connectivity index (χ1) is 17.2. The fourth-order valence-corrected chi connectivity index (χ4v) is 4.63. The number of hydrogen-bond acceptors (Lipinski definition) is 5. The van der Waals surface area contributed by atoms with Crippen LogP contribution in [-0.4, -0.2) is 62.7 Å². The molecule has 5 heteroatoms. The van der Waals surface area contributed by atoms with Crippen LogP contribution in [0.15, 0.2) is 24.3 Å². The summed E-state index contributed by atoms with van der Waals surface area (Å²) in [6.07, 6.45) is 18.2. The van der Waals surface area contributed by atoms with E-state index in [-0.39, 0.29) is 12.5 Å². The van der Waals surface area contributed by atoms with Gasteiger partial charge in [0.1, 0.15) is 0 Å². The molecule has 0 N–H and O–H groups in total. The van der Waals surface area contributed by atoms with Crippen LogP contribution >= 0.6 is 0 Å². The van der Waals surface area contributed by atoms with Gasteiger partial charge in [0, 0.05) is 13.1 Å². The van der Waals surface area contributed by atoms with Crippen molar-refractivity contribution in [1.29, 1.82) is 0 Å². The van der Waals surface area contributed by atoms with Gasteiger partial charge < -0.3 is 14.2 Å². The molecule has 0 aliphatic carbocycles. The molecular formula is C30H54N2O3. The molecule has 0 amide bonds. The SMILES string of the molecule is CCCCCCCCCN(C)C1COCC(N(C)CCCCCCCCC)Oc2ccccc2O1. The van der Waals surface area contributed by atoms with Crippen molar-refractivity contribution in [3.8, 4) is 11.5 Å². The van der Waals surface area contributed by atoms with Crippen molar-refractivity contribution in [1.82, 2.24) is 9.80 Å². The number of benzene rings is 1. The topological polar surface area (TPSA) is 34.2 Å². The number of para-hydroxylation sites is 2. The van der Waals surface area contributed by atoms with E-state index in [0.29, 0.717) is 13.2 Å². The number of ether oxygens (including phenoxy) is 3. The number of fused-ring (bicyclic) bond motifs is 1. The van der Waals surface area contributed by atoms with Crippen molar-refractivity contribution in [2.75, 3.05) is 40.4 Å². The second-order valence-corrected chi connectivity index (χ2v) is 10.3. The highest BCUT2D eigenvalue weighted by molar-refractivity contribution is 5.39. The molecule has 1 heterocycles. The molecule has 5 nitrogen and oxygen atoms in total. The van der Waals surface area contributed by atoms with Crippen molar-refractivity contribution < 1.29 is 14.2 Å². The molecule has 202 valence electrons. The molecule has 2 unspecified atom stereocenters. The third-order valence-electron chi connectivity index (χ3n) is 7.11. The second kappa shape index (κ2) is 18.9. The van der Waals surface area contributed by atoms with Crippen LogP contribution < -0.4 is 9.47 Å². The first kappa shape index (κ1) is 29.9. The zero-order chi connectivity index (χ0) is 25.1. The maximum atomic E-state index is 6.42. The summed E-state index contributed by atoms with van der Waals surface area (Å²) in [5.74, 6) is 1.62. The Labute approximate surface area is 216 Å². The summed E-state index contributed by atoms with van der Waals surface area (Å²) in [7, 11) is 4.30. The predicted octanol–water partition coefficient (Wildman–Crippen LogP) is 7.49. The van der Waals surface area contributed by atoms with Crippen LogP contribution in [0.3, 0.4) is 0 Å². The Morgan fingerprint density at radius 2 is 0.971 bits per heavy atom. The van der Waals surface area contributed by atoms with Gasteiger partial charge in [-0.3, -0.25) is 9.80 Å². The van der Waals surface area contributed by atoms with Crippen molar-refractivity contribution in [2.24, 2.45) is 0 Å². The van der Waals surface area contributed by atoms with E-state index in [9.17, 15) is 0 Å². The molecule has 0 radical (unpaired) electrons. The van der Waals surface area contributed by atoms with Gasteiger partial charge in [0.2, 0.25) is 0 Å². The Morgan fingerprint density at radius 1 is 0.600 bits per heavy atom. The van der Waals surface area contributed by atoms with Crippen molar-refractivity contribution in [2.45, 2.75) is 116 Å². The molecule has 0 saturated heterocycles. The molecule has 0 fully saturated rings. The van der Waals surface area contributed by atoms with E-state index in [1.807, 2.05) is 24.3 Å². The number of nitrogens with zero attached hydrogens (tertiary/aromatic N) is 2. The van der Waals surface area contributed by atoms with Crippen LogP contribution in [-0.2, 0) is 4.74 Å².